The number of carbonyl (C=O) groups excluding carboxylic acids is 1. The molecule has 1 aliphatic heterocycles. The third-order valence-electron chi connectivity index (χ3n) is 4.22. The first kappa shape index (κ1) is 18.8. The van der Waals surface area contributed by atoms with Gasteiger partial charge in [-0.1, -0.05) is 26.0 Å². The second-order valence-electron chi connectivity index (χ2n) is 6.24. The molecule has 0 aromatic heterocycles. The lowest BCUT2D eigenvalue weighted by molar-refractivity contribution is -0.134. The smallest absolute Gasteiger partial charge is 0.260 e. The van der Waals surface area contributed by atoms with Crippen molar-refractivity contribution in [3.63, 3.8) is 0 Å². The summed E-state index contributed by atoms with van der Waals surface area (Å²) in [6.45, 7) is 7.88. The molecule has 1 amide bonds. The molecular weight excluding hydrogens is 300 g/mol. The van der Waals surface area contributed by atoms with Crippen molar-refractivity contribution in [3.8, 4) is 5.75 Å². The van der Waals surface area contributed by atoms with Gasteiger partial charge in [-0.2, -0.15) is 0 Å². The van der Waals surface area contributed by atoms with Gasteiger partial charge in [0.15, 0.2) is 6.61 Å². The van der Waals surface area contributed by atoms with Crippen LogP contribution in [0.4, 0.5) is 0 Å². The fraction of sp³-hybridized carbons (Fsp3) is 0.588. The largest absolute Gasteiger partial charge is 0.484 e. The highest BCUT2D eigenvalue weighted by atomic mass is 35.5. The van der Waals surface area contributed by atoms with Crippen molar-refractivity contribution < 1.29 is 9.53 Å². The number of hydrogen-bond acceptors (Lipinski definition) is 3. The predicted octanol–water partition coefficient (Wildman–Crippen LogP) is 2.81. The van der Waals surface area contributed by atoms with E-state index in [1.54, 1.807) is 0 Å². The van der Waals surface area contributed by atoms with Crippen LogP contribution in [0.1, 0.15) is 38.7 Å². The van der Waals surface area contributed by atoms with Crippen molar-refractivity contribution in [2.75, 3.05) is 19.7 Å². The maximum absolute atomic E-state index is 12.2. The molecule has 4 nitrogen and oxygen atoms in total. The molecule has 2 rings (SSSR count). The second-order valence-corrected chi connectivity index (χ2v) is 6.24. The molecular formula is C17H27ClN2O2. The molecule has 22 heavy (non-hydrogen) atoms. The molecule has 1 aromatic carbocycles. The van der Waals surface area contributed by atoms with E-state index in [0.29, 0.717) is 18.4 Å². The number of hydrogen-bond donors (Lipinski definition) is 1. The predicted molar refractivity (Wildman–Crippen MR) is 91.6 cm³/mol. The molecule has 2 unspecified atom stereocenters. The topological polar surface area (TPSA) is 55.6 Å². The third kappa shape index (κ3) is 4.62. The normalized spacial score (nSPS) is 20.9. The number of benzene rings is 1. The Morgan fingerprint density at radius 3 is 2.50 bits per heavy atom. The molecule has 0 aliphatic carbocycles. The van der Waals surface area contributed by atoms with Gasteiger partial charge in [-0.25, -0.2) is 0 Å². The number of amides is 1. The molecule has 5 heteroatoms. The summed E-state index contributed by atoms with van der Waals surface area (Å²) < 4.78 is 5.61. The molecule has 1 fully saturated rings. The van der Waals surface area contributed by atoms with Crippen LogP contribution in [0.5, 0.6) is 5.75 Å². The van der Waals surface area contributed by atoms with Gasteiger partial charge in [0.05, 0.1) is 0 Å². The number of carbonyl (C=O) groups is 1. The van der Waals surface area contributed by atoms with Crippen LogP contribution in [-0.4, -0.2) is 36.5 Å². The molecule has 2 N–H and O–H groups in total. The minimum Gasteiger partial charge on any atom is -0.484 e. The summed E-state index contributed by atoms with van der Waals surface area (Å²) in [7, 11) is 0. The standard InChI is InChI=1S/C17H26N2O2.ClH/c1-12(2)15-4-6-16(7-5-15)21-11-17(20)19-10-14(9-18)8-13(19)3;/h4-7,12-14H,8-11,18H2,1-3H3;1H. The van der Waals surface area contributed by atoms with Crippen LogP contribution >= 0.6 is 12.4 Å². The van der Waals surface area contributed by atoms with Gasteiger partial charge in [0.1, 0.15) is 5.75 Å². The van der Waals surface area contributed by atoms with Crippen LogP contribution in [0.25, 0.3) is 0 Å². The third-order valence-corrected chi connectivity index (χ3v) is 4.22. The molecule has 2 atom stereocenters. The van der Waals surface area contributed by atoms with E-state index >= 15 is 0 Å². The van der Waals surface area contributed by atoms with Gasteiger partial charge >= 0.3 is 0 Å². The van der Waals surface area contributed by atoms with Gasteiger partial charge < -0.3 is 15.4 Å². The quantitative estimate of drug-likeness (QED) is 0.905. The van der Waals surface area contributed by atoms with Crippen molar-refractivity contribution in [2.45, 2.75) is 39.2 Å². The van der Waals surface area contributed by atoms with E-state index < -0.39 is 0 Å². The van der Waals surface area contributed by atoms with Crippen molar-refractivity contribution in [1.29, 1.82) is 0 Å². The van der Waals surface area contributed by atoms with Crippen LogP contribution in [0, 0.1) is 5.92 Å². The van der Waals surface area contributed by atoms with Crippen molar-refractivity contribution in [3.05, 3.63) is 29.8 Å². The van der Waals surface area contributed by atoms with Gasteiger partial charge in [0.2, 0.25) is 0 Å². The average Bonchev–Trinajstić information content (AvgIpc) is 2.86. The molecule has 0 bridgehead atoms. The highest BCUT2D eigenvalue weighted by Gasteiger charge is 2.31. The Bertz CT molecular complexity index is 476. The molecule has 1 heterocycles. The van der Waals surface area contributed by atoms with Gasteiger partial charge in [-0.15, -0.1) is 12.4 Å². The minimum atomic E-state index is 0. The zero-order chi connectivity index (χ0) is 15.4. The van der Waals surface area contributed by atoms with Gasteiger partial charge in [0.25, 0.3) is 5.91 Å². The maximum Gasteiger partial charge on any atom is 0.260 e. The SMILES string of the molecule is CC(C)c1ccc(OCC(=O)N2CC(CN)CC2C)cc1.Cl. The number of nitrogens with two attached hydrogens (primary N) is 1. The van der Waals surface area contributed by atoms with E-state index in [9.17, 15) is 4.79 Å². The minimum absolute atomic E-state index is 0. The zero-order valence-electron chi connectivity index (χ0n) is 13.6. The van der Waals surface area contributed by atoms with E-state index in [1.165, 1.54) is 5.56 Å². The first-order valence-corrected chi connectivity index (χ1v) is 7.73. The lowest BCUT2D eigenvalue weighted by atomic mass is 10.0. The summed E-state index contributed by atoms with van der Waals surface area (Å²) in [4.78, 5) is 14.1. The summed E-state index contributed by atoms with van der Waals surface area (Å²) in [5.41, 5.74) is 6.96. The molecule has 0 saturated carbocycles. The van der Waals surface area contributed by atoms with Crippen molar-refractivity contribution in [2.24, 2.45) is 11.7 Å². The monoisotopic (exact) mass is 326 g/mol. The molecule has 124 valence electrons. The summed E-state index contributed by atoms with van der Waals surface area (Å²) in [6, 6.07) is 8.22. The fourth-order valence-corrected chi connectivity index (χ4v) is 2.84. The van der Waals surface area contributed by atoms with E-state index in [4.69, 9.17) is 10.5 Å². The highest BCUT2D eigenvalue weighted by molar-refractivity contribution is 5.85. The number of rotatable bonds is 5. The van der Waals surface area contributed by atoms with Crippen LogP contribution in [0.2, 0.25) is 0 Å². The Kier molecular flexibility index (Phi) is 7.17. The lowest BCUT2D eigenvalue weighted by Crippen LogP contribution is -2.37. The van der Waals surface area contributed by atoms with Crippen molar-refractivity contribution in [1.82, 2.24) is 4.90 Å². The van der Waals surface area contributed by atoms with E-state index in [-0.39, 0.29) is 31.0 Å². The molecule has 1 saturated heterocycles. The number of halogens is 1. The van der Waals surface area contributed by atoms with Gasteiger partial charge in [0, 0.05) is 12.6 Å². The van der Waals surface area contributed by atoms with E-state index in [1.807, 2.05) is 29.2 Å². The summed E-state index contributed by atoms with van der Waals surface area (Å²) >= 11 is 0. The second kappa shape index (κ2) is 8.39. The van der Waals surface area contributed by atoms with Crippen LogP contribution < -0.4 is 10.5 Å². The first-order chi connectivity index (χ1) is 10.0. The summed E-state index contributed by atoms with van der Waals surface area (Å²) in [5.74, 6) is 1.72. The molecule has 1 aromatic rings. The van der Waals surface area contributed by atoms with Crippen LogP contribution in [-0.2, 0) is 4.79 Å². The Balaban J connectivity index is 0.00000242. The number of nitrogens with zero attached hydrogens (tertiary/aromatic N) is 1. The van der Waals surface area contributed by atoms with E-state index in [0.717, 1.165) is 18.7 Å². The Labute approximate surface area is 139 Å². The Morgan fingerprint density at radius 1 is 1.36 bits per heavy atom. The molecule has 0 spiro atoms. The number of likely N-dealkylation sites (tertiary alicyclic amines) is 1. The fourth-order valence-electron chi connectivity index (χ4n) is 2.84. The van der Waals surface area contributed by atoms with Crippen molar-refractivity contribution >= 4 is 18.3 Å². The van der Waals surface area contributed by atoms with Gasteiger partial charge in [-0.3, -0.25) is 4.79 Å². The maximum atomic E-state index is 12.2. The van der Waals surface area contributed by atoms with Crippen LogP contribution in [0.3, 0.4) is 0 Å². The number of ether oxygens (including phenoxy) is 1. The highest BCUT2D eigenvalue weighted by Crippen LogP contribution is 2.23. The summed E-state index contributed by atoms with van der Waals surface area (Å²) in [6.07, 6.45) is 0.991. The first-order valence-electron chi connectivity index (χ1n) is 7.73. The zero-order valence-corrected chi connectivity index (χ0v) is 14.4. The van der Waals surface area contributed by atoms with E-state index in [2.05, 4.69) is 20.8 Å². The Morgan fingerprint density at radius 2 is 2.00 bits per heavy atom. The van der Waals surface area contributed by atoms with Crippen LogP contribution in [0.15, 0.2) is 24.3 Å². The molecule has 0 radical (unpaired) electrons. The Hall–Kier alpha value is -1.26. The summed E-state index contributed by atoms with van der Waals surface area (Å²) in [5, 5.41) is 0. The molecule has 1 aliphatic rings. The van der Waals surface area contributed by atoms with Gasteiger partial charge in [-0.05, 0) is 49.4 Å². The lowest BCUT2D eigenvalue weighted by Gasteiger charge is -2.21. The average molecular weight is 327 g/mol.